The standard InChI is InChI=1S/C23H19BrClN5O2/c1-32-14-5-7-18-19(10-14)29-22(28-18)20-3-2-8-30(20)23(31)15-11-26-12-27-21(15)13-4-6-16(24)17(25)9-13/h4-7,9-12,20H,2-3,8H2,1H3,(H,28,29). The molecule has 2 aromatic carbocycles. The van der Waals surface area contributed by atoms with E-state index in [0.29, 0.717) is 22.8 Å². The first-order chi connectivity index (χ1) is 15.5. The zero-order chi connectivity index (χ0) is 22.2. The number of halogens is 2. The molecule has 0 bridgehead atoms. The summed E-state index contributed by atoms with van der Waals surface area (Å²) >= 11 is 9.68. The summed E-state index contributed by atoms with van der Waals surface area (Å²) in [5.41, 5.74) is 3.48. The summed E-state index contributed by atoms with van der Waals surface area (Å²) in [7, 11) is 1.63. The predicted octanol–water partition coefficient (Wildman–Crippen LogP) is 5.42. The molecule has 4 aromatic rings. The van der Waals surface area contributed by atoms with Crippen LogP contribution in [0.4, 0.5) is 0 Å². The van der Waals surface area contributed by atoms with E-state index in [9.17, 15) is 4.79 Å². The van der Waals surface area contributed by atoms with Crippen molar-refractivity contribution in [3.63, 3.8) is 0 Å². The highest BCUT2D eigenvalue weighted by atomic mass is 79.9. The Hall–Kier alpha value is -2.97. The number of methoxy groups -OCH3 is 1. The molecule has 1 atom stereocenters. The minimum atomic E-state index is -0.151. The molecule has 9 heteroatoms. The summed E-state index contributed by atoms with van der Waals surface area (Å²) in [5, 5.41) is 0.552. The van der Waals surface area contributed by atoms with Gasteiger partial charge in [0.15, 0.2) is 0 Å². The molecule has 1 saturated heterocycles. The van der Waals surface area contributed by atoms with Crippen LogP contribution in [0.3, 0.4) is 0 Å². The second-order valence-electron chi connectivity index (χ2n) is 7.58. The molecule has 1 amide bonds. The van der Waals surface area contributed by atoms with Crippen molar-refractivity contribution in [2.24, 2.45) is 0 Å². The van der Waals surface area contributed by atoms with Gasteiger partial charge in [-0.25, -0.2) is 15.0 Å². The smallest absolute Gasteiger partial charge is 0.258 e. The topological polar surface area (TPSA) is 84.0 Å². The van der Waals surface area contributed by atoms with Gasteiger partial charge in [0.1, 0.15) is 17.9 Å². The zero-order valence-corrected chi connectivity index (χ0v) is 19.5. The zero-order valence-electron chi connectivity index (χ0n) is 17.2. The van der Waals surface area contributed by atoms with Crippen LogP contribution in [-0.4, -0.2) is 44.4 Å². The number of ether oxygens (including phenoxy) is 1. The van der Waals surface area contributed by atoms with E-state index in [-0.39, 0.29) is 11.9 Å². The Balaban J connectivity index is 1.50. The van der Waals surface area contributed by atoms with Gasteiger partial charge in [0, 0.05) is 28.8 Å². The van der Waals surface area contributed by atoms with Gasteiger partial charge in [-0.1, -0.05) is 17.7 Å². The van der Waals surface area contributed by atoms with E-state index >= 15 is 0 Å². The molecule has 1 fully saturated rings. The van der Waals surface area contributed by atoms with Gasteiger partial charge in [-0.15, -0.1) is 0 Å². The van der Waals surface area contributed by atoms with Crippen LogP contribution >= 0.6 is 27.5 Å². The number of rotatable bonds is 4. The Labute approximate surface area is 197 Å². The maximum atomic E-state index is 13.6. The normalized spacial score (nSPS) is 16.0. The maximum Gasteiger partial charge on any atom is 0.258 e. The molecular weight excluding hydrogens is 494 g/mol. The van der Waals surface area contributed by atoms with Crippen molar-refractivity contribution >= 4 is 44.5 Å². The van der Waals surface area contributed by atoms with Crippen molar-refractivity contribution in [1.29, 1.82) is 0 Å². The molecule has 162 valence electrons. The first-order valence-electron chi connectivity index (χ1n) is 10.1. The van der Waals surface area contributed by atoms with E-state index in [4.69, 9.17) is 21.3 Å². The van der Waals surface area contributed by atoms with Crippen LogP contribution in [0.1, 0.15) is 35.1 Å². The Morgan fingerprint density at radius 3 is 2.97 bits per heavy atom. The minimum Gasteiger partial charge on any atom is -0.497 e. The lowest BCUT2D eigenvalue weighted by atomic mass is 10.1. The third-order valence-electron chi connectivity index (χ3n) is 5.67. The highest BCUT2D eigenvalue weighted by Crippen LogP contribution is 2.35. The van der Waals surface area contributed by atoms with Crippen molar-refractivity contribution in [2.75, 3.05) is 13.7 Å². The molecule has 3 heterocycles. The fourth-order valence-corrected chi connectivity index (χ4v) is 4.53. The Morgan fingerprint density at radius 2 is 2.16 bits per heavy atom. The van der Waals surface area contributed by atoms with E-state index < -0.39 is 0 Å². The third-order valence-corrected chi connectivity index (χ3v) is 6.90. The fourth-order valence-electron chi connectivity index (χ4n) is 4.10. The van der Waals surface area contributed by atoms with Crippen LogP contribution in [0.5, 0.6) is 5.75 Å². The molecule has 1 aliphatic rings. The number of aromatic nitrogens is 4. The minimum absolute atomic E-state index is 0.125. The number of fused-ring (bicyclic) bond motifs is 1. The van der Waals surface area contributed by atoms with E-state index in [2.05, 4.69) is 30.9 Å². The summed E-state index contributed by atoms with van der Waals surface area (Å²) in [6.45, 7) is 0.638. The van der Waals surface area contributed by atoms with Crippen LogP contribution in [0.2, 0.25) is 5.02 Å². The molecule has 0 saturated carbocycles. The molecule has 7 nitrogen and oxygen atoms in total. The van der Waals surface area contributed by atoms with Gasteiger partial charge in [-0.2, -0.15) is 0 Å². The van der Waals surface area contributed by atoms with Crippen molar-refractivity contribution in [2.45, 2.75) is 18.9 Å². The summed E-state index contributed by atoms with van der Waals surface area (Å²) < 4.78 is 6.09. The van der Waals surface area contributed by atoms with Crippen molar-refractivity contribution in [3.05, 3.63) is 69.8 Å². The average Bonchev–Trinajstić information content (AvgIpc) is 3.46. The van der Waals surface area contributed by atoms with Gasteiger partial charge in [0.25, 0.3) is 5.91 Å². The van der Waals surface area contributed by atoms with Gasteiger partial charge in [0.05, 0.1) is 40.5 Å². The molecule has 5 rings (SSSR count). The van der Waals surface area contributed by atoms with Crippen LogP contribution in [0, 0.1) is 0 Å². The molecular formula is C23H19BrClN5O2. The first kappa shape index (κ1) is 20.9. The third kappa shape index (κ3) is 3.73. The van der Waals surface area contributed by atoms with E-state index in [1.165, 1.54) is 6.33 Å². The number of nitrogens with one attached hydrogen (secondary N) is 1. The summed E-state index contributed by atoms with van der Waals surface area (Å²) in [5.74, 6) is 1.40. The lowest BCUT2D eigenvalue weighted by molar-refractivity contribution is 0.0730. The summed E-state index contributed by atoms with van der Waals surface area (Å²) in [4.78, 5) is 32.1. The van der Waals surface area contributed by atoms with Gasteiger partial charge in [0.2, 0.25) is 0 Å². The number of benzene rings is 2. The van der Waals surface area contributed by atoms with E-state index in [1.807, 2.05) is 35.2 Å². The lowest BCUT2D eigenvalue weighted by Gasteiger charge is -2.24. The van der Waals surface area contributed by atoms with Crippen LogP contribution in [0.15, 0.2) is 53.4 Å². The fraction of sp³-hybridized carbons (Fsp3) is 0.217. The number of amides is 1. The van der Waals surface area contributed by atoms with E-state index in [0.717, 1.165) is 45.5 Å². The second-order valence-corrected chi connectivity index (χ2v) is 8.84. The van der Waals surface area contributed by atoms with Crippen LogP contribution in [-0.2, 0) is 0 Å². The Morgan fingerprint density at radius 1 is 1.28 bits per heavy atom. The molecule has 0 aliphatic carbocycles. The molecule has 32 heavy (non-hydrogen) atoms. The highest BCUT2D eigenvalue weighted by molar-refractivity contribution is 9.10. The number of imidazole rings is 1. The number of likely N-dealkylation sites (tertiary alicyclic amines) is 1. The van der Waals surface area contributed by atoms with Crippen LogP contribution in [0.25, 0.3) is 22.3 Å². The summed E-state index contributed by atoms with van der Waals surface area (Å²) in [6.07, 6.45) is 4.73. The van der Waals surface area contributed by atoms with Crippen molar-refractivity contribution in [3.8, 4) is 17.0 Å². The van der Waals surface area contributed by atoms with E-state index in [1.54, 1.807) is 19.4 Å². The number of nitrogens with zero attached hydrogens (tertiary/aromatic N) is 4. The molecule has 0 spiro atoms. The Kier molecular flexibility index (Phi) is 5.57. The van der Waals surface area contributed by atoms with Crippen molar-refractivity contribution in [1.82, 2.24) is 24.8 Å². The Bertz CT molecular complexity index is 1320. The first-order valence-corrected chi connectivity index (χ1v) is 11.3. The van der Waals surface area contributed by atoms with Crippen molar-refractivity contribution < 1.29 is 9.53 Å². The van der Waals surface area contributed by atoms with Crippen LogP contribution < -0.4 is 4.74 Å². The van der Waals surface area contributed by atoms with Gasteiger partial charge in [-0.05, 0) is 53.0 Å². The largest absolute Gasteiger partial charge is 0.497 e. The highest BCUT2D eigenvalue weighted by Gasteiger charge is 2.34. The molecule has 1 unspecified atom stereocenters. The predicted molar refractivity (Wildman–Crippen MR) is 126 cm³/mol. The molecule has 1 N–H and O–H groups in total. The van der Waals surface area contributed by atoms with Gasteiger partial charge < -0.3 is 14.6 Å². The lowest BCUT2D eigenvalue weighted by Crippen LogP contribution is -2.31. The number of carbonyl (C=O) groups excluding carboxylic acids is 1. The van der Waals surface area contributed by atoms with Gasteiger partial charge in [-0.3, -0.25) is 4.79 Å². The SMILES string of the molecule is COc1ccc2nc(C3CCCN3C(=O)c3cncnc3-c3ccc(Br)c(Cl)c3)[nH]c2c1. The number of H-pyrrole nitrogens is 1. The maximum absolute atomic E-state index is 13.6. The number of carbonyl (C=O) groups is 1. The number of hydrogen-bond donors (Lipinski definition) is 1. The molecule has 0 radical (unpaired) electrons. The monoisotopic (exact) mass is 511 g/mol. The average molecular weight is 513 g/mol. The number of aromatic amines is 1. The second kappa shape index (κ2) is 8.52. The molecule has 2 aromatic heterocycles. The number of hydrogen-bond acceptors (Lipinski definition) is 5. The summed E-state index contributed by atoms with van der Waals surface area (Å²) in [6, 6.07) is 11.1. The quantitative estimate of drug-likeness (QED) is 0.395. The van der Waals surface area contributed by atoms with Gasteiger partial charge >= 0.3 is 0 Å². The molecule has 1 aliphatic heterocycles.